The molecule has 0 nitrogen and oxygen atoms in total. The van der Waals surface area contributed by atoms with Crippen molar-refractivity contribution in [2.45, 2.75) is 0 Å². The Kier molecular flexibility index (Phi) is 7.02. The zero-order chi connectivity index (χ0) is 28.1. The highest BCUT2D eigenvalue weighted by Gasteiger charge is 2.05. The first-order valence-corrected chi connectivity index (χ1v) is 14.4. The quantitative estimate of drug-likeness (QED) is 0.199. The van der Waals surface area contributed by atoms with Crippen LogP contribution in [0, 0.1) is 0 Å². The van der Waals surface area contributed by atoms with Crippen molar-refractivity contribution in [3.05, 3.63) is 182 Å². The lowest BCUT2D eigenvalue weighted by molar-refractivity contribution is 1.56. The maximum absolute atomic E-state index is 2.22. The van der Waals surface area contributed by atoms with E-state index in [1.165, 1.54) is 66.8 Å². The summed E-state index contributed by atoms with van der Waals surface area (Å²) in [6, 6.07) is 65.2. The summed E-state index contributed by atoms with van der Waals surface area (Å²) in [7, 11) is 0. The molecule has 0 fully saturated rings. The summed E-state index contributed by atoms with van der Waals surface area (Å²) in [5, 5.41) is 0. The third kappa shape index (κ3) is 5.44. The van der Waals surface area contributed by atoms with Crippen LogP contribution in [0.25, 0.3) is 66.8 Å². The second-order valence-electron chi connectivity index (χ2n) is 10.6. The van der Waals surface area contributed by atoms with E-state index in [1.54, 1.807) is 0 Å². The maximum Gasteiger partial charge on any atom is -0.0184 e. The van der Waals surface area contributed by atoms with Gasteiger partial charge in [0.05, 0.1) is 0 Å². The zero-order valence-electron chi connectivity index (χ0n) is 23.3. The van der Waals surface area contributed by atoms with Gasteiger partial charge in [0, 0.05) is 0 Å². The standard InChI is InChI=1S/C42H30/c1-3-7-31(8-4-1)33-11-15-35(16-12-33)37-19-23-39(24-20-37)41-27-29-42(30-28-41)40-25-21-38(22-26-40)36-17-13-34(14-18-36)32-9-5-2-6-10-32/h1-30H. The molecule has 0 atom stereocenters. The summed E-state index contributed by atoms with van der Waals surface area (Å²) in [5.74, 6) is 0. The molecule has 7 rings (SSSR count). The van der Waals surface area contributed by atoms with Crippen LogP contribution in [0.3, 0.4) is 0 Å². The number of benzene rings is 7. The molecule has 0 spiro atoms. The van der Waals surface area contributed by atoms with Gasteiger partial charge in [0.2, 0.25) is 0 Å². The van der Waals surface area contributed by atoms with Crippen molar-refractivity contribution in [2.24, 2.45) is 0 Å². The highest BCUT2D eigenvalue weighted by atomic mass is 14.1. The van der Waals surface area contributed by atoms with Gasteiger partial charge in [0.25, 0.3) is 0 Å². The molecule has 0 N–H and O–H groups in total. The maximum atomic E-state index is 2.22. The van der Waals surface area contributed by atoms with Crippen LogP contribution in [0.15, 0.2) is 182 Å². The monoisotopic (exact) mass is 534 g/mol. The predicted molar refractivity (Wildman–Crippen MR) is 179 cm³/mol. The van der Waals surface area contributed by atoms with E-state index in [9.17, 15) is 0 Å². The topological polar surface area (TPSA) is 0 Å². The van der Waals surface area contributed by atoms with E-state index in [0.717, 1.165) is 0 Å². The van der Waals surface area contributed by atoms with Crippen LogP contribution in [0.1, 0.15) is 0 Å². The molecule has 0 aliphatic rings. The van der Waals surface area contributed by atoms with Crippen LogP contribution >= 0.6 is 0 Å². The summed E-state index contributed by atoms with van der Waals surface area (Å²) >= 11 is 0. The van der Waals surface area contributed by atoms with Gasteiger partial charge in [-0.1, -0.05) is 182 Å². The van der Waals surface area contributed by atoms with Crippen molar-refractivity contribution in [1.29, 1.82) is 0 Å². The van der Waals surface area contributed by atoms with Gasteiger partial charge in [-0.05, 0) is 66.8 Å². The first kappa shape index (κ1) is 25.5. The molecule has 0 aliphatic heterocycles. The Bertz CT molecular complexity index is 1730. The number of rotatable bonds is 6. The van der Waals surface area contributed by atoms with Gasteiger partial charge in [0.1, 0.15) is 0 Å². The minimum absolute atomic E-state index is 1.22. The minimum Gasteiger partial charge on any atom is -0.0622 e. The largest absolute Gasteiger partial charge is 0.0622 e. The molecule has 0 unspecified atom stereocenters. The molecule has 0 amide bonds. The second-order valence-corrected chi connectivity index (χ2v) is 10.6. The van der Waals surface area contributed by atoms with Crippen LogP contribution in [0.2, 0.25) is 0 Å². The molecular formula is C42H30. The Morgan fingerprint density at radius 1 is 0.119 bits per heavy atom. The van der Waals surface area contributed by atoms with Crippen molar-refractivity contribution >= 4 is 0 Å². The predicted octanol–water partition coefficient (Wildman–Crippen LogP) is 11.7. The van der Waals surface area contributed by atoms with Gasteiger partial charge in [-0.2, -0.15) is 0 Å². The van der Waals surface area contributed by atoms with Crippen molar-refractivity contribution in [2.75, 3.05) is 0 Å². The van der Waals surface area contributed by atoms with Crippen molar-refractivity contribution in [3.8, 4) is 66.8 Å². The molecule has 0 aromatic heterocycles. The number of hydrogen-bond acceptors (Lipinski definition) is 0. The molecule has 0 heteroatoms. The van der Waals surface area contributed by atoms with Gasteiger partial charge in [-0.25, -0.2) is 0 Å². The molecule has 0 aliphatic carbocycles. The average Bonchev–Trinajstić information content (AvgIpc) is 3.09. The van der Waals surface area contributed by atoms with Crippen molar-refractivity contribution in [3.63, 3.8) is 0 Å². The van der Waals surface area contributed by atoms with Crippen LogP contribution in [-0.2, 0) is 0 Å². The summed E-state index contributed by atoms with van der Waals surface area (Å²) in [6.07, 6.45) is 0. The van der Waals surface area contributed by atoms with E-state index in [-0.39, 0.29) is 0 Å². The first-order valence-electron chi connectivity index (χ1n) is 14.4. The molecule has 0 bridgehead atoms. The SMILES string of the molecule is c1ccc(-c2ccc(-c3ccc(-c4ccc(-c5ccc(-c6ccc(-c7ccccc7)cc6)cc5)cc4)cc3)cc2)cc1. The zero-order valence-corrected chi connectivity index (χ0v) is 23.3. The van der Waals surface area contributed by atoms with Gasteiger partial charge >= 0.3 is 0 Å². The molecule has 7 aromatic carbocycles. The van der Waals surface area contributed by atoms with Crippen LogP contribution in [0.5, 0.6) is 0 Å². The highest BCUT2D eigenvalue weighted by Crippen LogP contribution is 2.31. The Morgan fingerprint density at radius 3 is 0.381 bits per heavy atom. The lowest BCUT2D eigenvalue weighted by Crippen LogP contribution is -1.84. The fraction of sp³-hybridized carbons (Fsp3) is 0. The molecule has 198 valence electrons. The van der Waals surface area contributed by atoms with Gasteiger partial charge in [-0.15, -0.1) is 0 Å². The van der Waals surface area contributed by atoms with E-state index in [1.807, 2.05) is 0 Å². The normalized spacial score (nSPS) is 10.9. The highest BCUT2D eigenvalue weighted by molar-refractivity contribution is 5.76. The van der Waals surface area contributed by atoms with Gasteiger partial charge < -0.3 is 0 Å². The van der Waals surface area contributed by atoms with E-state index < -0.39 is 0 Å². The first-order chi connectivity index (χ1) is 20.8. The molecule has 7 aromatic rings. The lowest BCUT2D eigenvalue weighted by Gasteiger charge is -2.09. The Balaban J connectivity index is 1.03. The fourth-order valence-corrected chi connectivity index (χ4v) is 5.54. The second kappa shape index (κ2) is 11.6. The van der Waals surface area contributed by atoms with E-state index >= 15 is 0 Å². The van der Waals surface area contributed by atoms with Gasteiger partial charge in [0.15, 0.2) is 0 Å². The van der Waals surface area contributed by atoms with Crippen LogP contribution in [0.4, 0.5) is 0 Å². The molecule has 0 radical (unpaired) electrons. The minimum atomic E-state index is 1.22. The summed E-state index contributed by atoms with van der Waals surface area (Å²) < 4.78 is 0. The third-order valence-electron chi connectivity index (χ3n) is 7.97. The molecule has 0 saturated carbocycles. The van der Waals surface area contributed by atoms with Gasteiger partial charge in [-0.3, -0.25) is 0 Å². The fourth-order valence-electron chi connectivity index (χ4n) is 5.54. The Labute approximate surface area is 248 Å². The molecule has 0 heterocycles. The molecular weight excluding hydrogens is 504 g/mol. The average molecular weight is 535 g/mol. The summed E-state index contributed by atoms with van der Waals surface area (Å²) in [6.45, 7) is 0. The summed E-state index contributed by atoms with van der Waals surface area (Å²) in [5.41, 5.74) is 14.8. The van der Waals surface area contributed by atoms with Crippen LogP contribution < -0.4 is 0 Å². The van der Waals surface area contributed by atoms with Crippen molar-refractivity contribution < 1.29 is 0 Å². The van der Waals surface area contributed by atoms with E-state index in [4.69, 9.17) is 0 Å². The smallest absolute Gasteiger partial charge is 0.0184 e. The number of hydrogen-bond donors (Lipinski definition) is 0. The van der Waals surface area contributed by atoms with E-state index in [0.29, 0.717) is 0 Å². The third-order valence-corrected chi connectivity index (χ3v) is 7.97. The Hall–Kier alpha value is -5.46. The summed E-state index contributed by atoms with van der Waals surface area (Å²) in [4.78, 5) is 0. The van der Waals surface area contributed by atoms with Crippen molar-refractivity contribution in [1.82, 2.24) is 0 Å². The molecule has 42 heavy (non-hydrogen) atoms. The Morgan fingerprint density at radius 2 is 0.238 bits per heavy atom. The molecule has 0 saturated heterocycles. The van der Waals surface area contributed by atoms with E-state index in [2.05, 4.69) is 182 Å². The van der Waals surface area contributed by atoms with Crippen LogP contribution in [-0.4, -0.2) is 0 Å². The lowest BCUT2D eigenvalue weighted by atomic mass is 9.96.